The summed E-state index contributed by atoms with van der Waals surface area (Å²) in [6.45, 7) is 14.1. The van der Waals surface area contributed by atoms with Crippen LogP contribution in [0.1, 0.15) is 84.3 Å². The highest BCUT2D eigenvalue weighted by molar-refractivity contribution is 6.12. The van der Waals surface area contributed by atoms with Crippen LogP contribution in [0.4, 0.5) is 0 Å². The molecule has 0 aliphatic heterocycles. The van der Waals surface area contributed by atoms with Crippen molar-refractivity contribution in [2.45, 2.75) is 64.2 Å². The molecular weight excluding hydrogens is 725 g/mol. The fourth-order valence-electron chi connectivity index (χ4n) is 11.0. The average Bonchev–Trinajstić information content (AvgIpc) is 3.82. The number of aryl methyl sites for hydroxylation is 2. The molecule has 2 unspecified atom stereocenters. The number of rotatable bonds is 6. The summed E-state index contributed by atoms with van der Waals surface area (Å²) in [6.07, 6.45) is 0. The number of fused-ring (bicyclic) bond motifs is 9. The van der Waals surface area contributed by atoms with Gasteiger partial charge in [0.05, 0.1) is 11.0 Å². The molecule has 11 rings (SSSR count). The van der Waals surface area contributed by atoms with E-state index < -0.39 is 0 Å². The van der Waals surface area contributed by atoms with Gasteiger partial charge < -0.3 is 0 Å². The van der Waals surface area contributed by atoms with Gasteiger partial charge in [-0.1, -0.05) is 185 Å². The molecule has 2 heteroatoms. The molecule has 0 bridgehead atoms. The van der Waals surface area contributed by atoms with Crippen LogP contribution in [0.2, 0.25) is 0 Å². The first-order valence-electron chi connectivity index (χ1n) is 21.4. The maximum Gasteiger partial charge on any atom is 0.0974 e. The Labute approximate surface area is 353 Å². The highest BCUT2D eigenvalue weighted by atomic mass is 14.8. The number of pyridine rings is 2. The lowest BCUT2D eigenvalue weighted by Crippen LogP contribution is -2.29. The number of benzene rings is 7. The Balaban J connectivity index is 1.21. The minimum Gasteiger partial charge on any atom is -0.250 e. The van der Waals surface area contributed by atoms with Crippen molar-refractivity contribution in [1.82, 2.24) is 9.97 Å². The van der Waals surface area contributed by atoms with E-state index in [0.29, 0.717) is 0 Å². The van der Waals surface area contributed by atoms with E-state index in [9.17, 15) is 0 Å². The summed E-state index contributed by atoms with van der Waals surface area (Å²) >= 11 is 0. The lowest BCUT2D eigenvalue weighted by Gasteiger charge is -2.35. The monoisotopic (exact) mass is 772 g/mol. The fraction of sp³-hybridized carbons (Fsp3) is 0.172. The van der Waals surface area contributed by atoms with Gasteiger partial charge in [-0.3, -0.25) is 0 Å². The van der Waals surface area contributed by atoms with Gasteiger partial charge in [0.25, 0.3) is 0 Å². The van der Waals surface area contributed by atoms with Gasteiger partial charge in [0.1, 0.15) is 0 Å². The van der Waals surface area contributed by atoms with Crippen LogP contribution < -0.4 is 0 Å². The lowest BCUT2D eigenvalue weighted by molar-refractivity contribution is 0.451. The third-order valence-corrected chi connectivity index (χ3v) is 14.0. The smallest absolute Gasteiger partial charge is 0.0974 e. The molecule has 2 atom stereocenters. The van der Waals surface area contributed by atoms with E-state index in [1.165, 1.54) is 77.9 Å². The molecule has 0 spiro atoms. The van der Waals surface area contributed by atoms with E-state index in [1.807, 2.05) is 0 Å². The van der Waals surface area contributed by atoms with Gasteiger partial charge in [0, 0.05) is 44.8 Å². The van der Waals surface area contributed by atoms with Gasteiger partial charge in [-0.05, 0) is 104 Å². The molecule has 2 nitrogen and oxygen atoms in total. The van der Waals surface area contributed by atoms with Crippen LogP contribution in [0.25, 0.3) is 66.3 Å². The summed E-state index contributed by atoms with van der Waals surface area (Å²) in [5.41, 5.74) is 21.5. The summed E-state index contributed by atoms with van der Waals surface area (Å²) in [7, 11) is 0. The molecule has 0 saturated carbocycles. The van der Waals surface area contributed by atoms with Crippen LogP contribution in [0, 0.1) is 13.8 Å². The van der Waals surface area contributed by atoms with Gasteiger partial charge in [-0.25, -0.2) is 9.97 Å². The van der Waals surface area contributed by atoms with E-state index in [1.54, 1.807) is 0 Å². The molecule has 7 aromatic carbocycles. The van der Waals surface area contributed by atoms with Gasteiger partial charge in [0.2, 0.25) is 0 Å². The summed E-state index contributed by atoms with van der Waals surface area (Å²) < 4.78 is 0. The Bertz CT molecular complexity index is 2960. The number of hydrogen-bond donors (Lipinski definition) is 0. The quantitative estimate of drug-likeness (QED) is 0.157. The molecular formula is C58H48N2. The summed E-state index contributed by atoms with van der Waals surface area (Å²) in [4.78, 5) is 11.7. The average molecular weight is 773 g/mol. The first-order valence-corrected chi connectivity index (χ1v) is 21.4. The minimum absolute atomic E-state index is 0.126. The van der Waals surface area contributed by atoms with E-state index in [0.717, 1.165) is 33.2 Å². The van der Waals surface area contributed by atoms with Gasteiger partial charge in [-0.15, -0.1) is 0 Å². The number of aromatic nitrogens is 2. The van der Waals surface area contributed by atoms with Gasteiger partial charge in [-0.2, -0.15) is 0 Å². The fourth-order valence-corrected chi connectivity index (χ4v) is 11.0. The third-order valence-electron chi connectivity index (χ3n) is 14.0. The normalized spacial score (nSPS) is 15.5. The molecule has 60 heavy (non-hydrogen) atoms. The SMILES string of the molecule is Cc1cccc2c1C(C(C)(C)c1cc(-c3ccccc3)c3ccc4c(-c5ccccc5)cc(C(C)(C)C5c6ccccc6-c6cccc(C)c65)nc4c3n1)c1ccccc1-2. The van der Waals surface area contributed by atoms with Crippen molar-refractivity contribution in [2.75, 3.05) is 0 Å². The van der Waals surface area contributed by atoms with Crippen molar-refractivity contribution in [3.05, 3.63) is 215 Å². The zero-order valence-electron chi connectivity index (χ0n) is 35.2. The Morgan fingerprint density at radius 3 is 1.15 bits per heavy atom. The zero-order chi connectivity index (χ0) is 40.9. The lowest BCUT2D eigenvalue weighted by atomic mass is 9.69. The van der Waals surface area contributed by atoms with Crippen molar-refractivity contribution in [1.29, 1.82) is 0 Å². The van der Waals surface area contributed by atoms with Crippen molar-refractivity contribution < 1.29 is 0 Å². The topological polar surface area (TPSA) is 25.8 Å². The van der Waals surface area contributed by atoms with Crippen molar-refractivity contribution >= 4 is 21.8 Å². The Morgan fingerprint density at radius 1 is 0.367 bits per heavy atom. The zero-order valence-corrected chi connectivity index (χ0v) is 35.2. The third kappa shape index (κ3) is 5.33. The first-order chi connectivity index (χ1) is 29.1. The van der Waals surface area contributed by atoms with Crippen LogP contribution >= 0.6 is 0 Å². The van der Waals surface area contributed by atoms with Gasteiger partial charge >= 0.3 is 0 Å². The highest BCUT2D eigenvalue weighted by Crippen LogP contribution is 2.57. The van der Waals surface area contributed by atoms with Gasteiger partial charge in [0.15, 0.2) is 0 Å². The highest BCUT2D eigenvalue weighted by Gasteiger charge is 2.44. The summed E-state index contributed by atoms with van der Waals surface area (Å²) in [5.74, 6) is 0.253. The number of hydrogen-bond acceptors (Lipinski definition) is 2. The van der Waals surface area contributed by atoms with Crippen LogP contribution in [0.3, 0.4) is 0 Å². The molecule has 0 radical (unpaired) electrons. The maximum absolute atomic E-state index is 5.86. The van der Waals surface area contributed by atoms with E-state index >= 15 is 0 Å². The molecule has 0 amide bonds. The largest absolute Gasteiger partial charge is 0.250 e. The number of nitrogens with zero attached hydrogens (tertiary/aromatic N) is 2. The molecule has 2 aliphatic rings. The van der Waals surface area contributed by atoms with Crippen molar-refractivity contribution in [2.24, 2.45) is 0 Å². The first kappa shape index (κ1) is 36.4. The predicted octanol–water partition coefficient (Wildman–Crippen LogP) is 14.9. The Hall–Kier alpha value is -6.64. The van der Waals surface area contributed by atoms with E-state index in [2.05, 4.69) is 211 Å². The molecule has 0 N–H and O–H groups in total. The summed E-state index contributed by atoms with van der Waals surface area (Å²) in [5, 5.41) is 2.23. The Kier molecular flexibility index (Phi) is 8.16. The maximum atomic E-state index is 5.86. The Morgan fingerprint density at radius 2 is 0.733 bits per heavy atom. The van der Waals surface area contributed by atoms with E-state index in [-0.39, 0.29) is 22.7 Å². The summed E-state index contributed by atoms with van der Waals surface area (Å²) in [6, 6.07) is 62.6. The molecule has 9 aromatic rings. The second kappa shape index (κ2) is 13.4. The molecule has 2 aromatic heterocycles. The second-order valence-electron chi connectivity index (χ2n) is 18.3. The van der Waals surface area contributed by atoms with E-state index in [4.69, 9.17) is 9.97 Å². The second-order valence-corrected chi connectivity index (χ2v) is 18.3. The molecule has 0 fully saturated rings. The molecule has 290 valence electrons. The van der Waals surface area contributed by atoms with Crippen LogP contribution in [0.15, 0.2) is 170 Å². The molecule has 2 aliphatic carbocycles. The standard InChI is InChI=1S/C58H48N2/c1-35-19-17-29-41-39-25-13-15-27-43(39)53(51(35)41)57(3,4)49-33-47(37-21-9-7-10-22-37)45-31-32-46-48(38-23-11-8-12-24-38)34-50(60-56(46)55(45)59-49)58(5,6)54-44-28-16-14-26-40(44)42-30-18-20-36(2)52(42)54/h7-34,53-54H,1-6H3. The van der Waals surface area contributed by atoms with Crippen LogP contribution in [-0.4, -0.2) is 9.97 Å². The van der Waals surface area contributed by atoms with Crippen molar-refractivity contribution in [3.63, 3.8) is 0 Å². The molecule has 2 heterocycles. The molecule has 0 saturated heterocycles. The predicted molar refractivity (Wildman–Crippen MR) is 251 cm³/mol. The van der Waals surface area contributed by atoms with Crippen LogP contribution in [0.5, 0.6) is 0 Å². The van der Waals surface area contributed by atoms with Crippen molar-refractivity contribution in [3.8, 4) is 44.5 Å². The van der Waals surface area contributed by atoms with Crippen LogP contribution in [-0.2, 0) is 10.8 Å². The minimum atomic E-state index is -0.374.